The summed E-state index contributed by atoms with van der Waals surface area (Å²) in [5, 5.41) is 4.14. The highest BCUT2D eigenvalue weighted by Crippen LogP contribution is 2.46. The van der Waals surface area contributed by atoms with Gasteiger partial charge in [-0.25, -0.2) is 0 Å². The maximum atomic E-state index is 12.8. The Labute approximate surface area is 231 Å². The fraction of sp³-hybridized carbons (Fsp3) is 0.233. The number of esters is 1. The molecule has 3 aromatic carbocycles. The summed E-state index contributed by atoms with van der Waals surface area (Å²) in [7, 11) is 4.79. The minimum atomic E-state index is -0.570. The van der Waals surface area contributed by atoms with Gasteiger partial charge in [0, 0.05) is 23.1 Å². The predicted octanol–water partition coefficient (Wildman–Crippen LogP) is 5.19. The molecule has 2 heterocycles. The van der Waals surface area contributed by atoms with E-state index in [1.54, 1.807) is 46.5 Å². The van der Waals surface area contributed by atoms with Crippen LogP contribution >= 0.6 is 0 Å². The zero-order valence-electron chi connectivity index (χ0n) is 22.6. The summed E-state index contributed by atoms with van der Waals surface area (Å²) in [6.07, 6.45) is -0.00856. The van der Waals surface area contributed by atoms with E-state index in [1.165, 1.54) is 0 Å². The molecule has 0 bridgehead atoms. The molecule has 1 atom stereocenters. The third kappa shape index (κ3) is 5.28. The van der Waals surface area contributed by atoms with E-state index in [0.717, 1.165) is 22.3 Å². The second kappa shape index (κ2) is 11.4. The van der Waals surface area contributed by atoms with Crippen LogP contribution in [0.4, 0.5) is 0 Å². The summed E-state index contributed by atoms with van der Waals surface area (Å²) in [6, 6.07) is 18.5. The third-order valence-electron chi connectivity index (χ3n) is 6.58. The van der Waals surface area contributed by atoms with Gasteiger partial charge < -0.3 is 33.9 Å². The molecule has 0 spiro atoms. The molecule has 0 fully saturated rings. The number of ether oxygens (including phenoxy) is 5. The smallest absolute Gasteiger partial charge is 0.306 e. The van der Waals surface area contributed by atoms with E-state index in [4.69, 9.17) is 33.9 Å². The Morgan fingerprint density at radius 1 is 0.875 bits per heavy atom. The van der Waals surface area contributed by atoms with E-state index in [0.29, 0.717) is 34.4 Å². The topological polar surface area (TPSA) is 128 Å². The zero-order valence-corrected chi connectivity index (χ0v) is 22.6. The van der Waals surface area contributed by atoms with Crippen molar-refractivity contribution < 1.29 is 33.0 Å². The van der Waals surface area contributed by atoms with E-state index in [1.807, 2.05) is 42.5 Å². The van der Waals surface area contributed by atoms with Gasteiger partial charge in [-0.2, -0.15) is 4.98 Å². The number of nitrogens with zero attached hydrogens (tertiary/aromatic N) is 2. The Balaban J connectivity index is 1.58. The number of aromatic nitrogens is 2. The van der Waals surface area contributed by atoms with Gasteiger partial charge in [-0.05, 0) is 66.6 Å². The Bertz CT molecular complexity index is 1540. The van der Waals surface area contributed by atoms with Crippen LogP contribution in [0.2, 0.25) is 0 Å². The monoisotopic (exact) mass is 543 g/mol. The molecular weight excluding hydrogens is 514 g/mol. The SMILES string of the molecule is CCOC(=O)CC1C(c2nc(-c3ccc(OC)cc3)no2)=C(N)Oc2ccc(-c3cc(OC)cc(OC)c3)cc21. The van der Waals surface area contributed by atoms with Gasteiger partial charge >= 0.3 is 5.97 Å². The number of carbonyl (C=O) groups excluding carboxylic acids is 1. The Hall–Kier alpha value is -4.99. The average molecular weight is 544 g/mol. The van der Waals surface area contributed by atoms with Gasteiger partial charge in [0.05, 0.1) is 39.9 Å². The van der Waals surface area contributed by atoms with Crippen molar-refractivity contribution in [2.45, 2.75) is 19.3 Å². The number of methoxy groups -OCH3 is 3. The average Bonchev–Trinajstić information content (AvgIpc) is 3.46. The number of hydrogen-bond acceptors (Lipinski definition) is 10. The van der Waals surface area contributed by atoms with Crippen molar-refractivity contribution in [3.8, 4) is 45.5 Å². The van der Waals surface area contributed by atoms with Gasteiger partial charge in [0.1, 0.15) is 23.0 Å². The largest absolute Gasteiger partial charge is 0.497 e. The number of hydrogen-bond donors (Lipinski definition) is 1. The highest BCUT2D eigenvalue weighted by Gasteiger charge is 2.35. The Kier molecular flexibility index (Phi) is 7.59. The molecule has 1 unspecified atom stereocenters. The van der Waals surface area contributed by atoms with Gasteiger partial charge in [-0.15, -0.1) is 0 Å². The standard InChI is InChI=1S/C30H29N3O7/c1-5-38-26(34)16-24-23-14-18(19-12-21(36-3)15-22(13-19)37-4)8-11-25(23)39-28(31)27(24)30-32-29(33-40-30)17-6-9-20(35-2)10-7-17/h6-15,24H,5,16,31H2,1-4H3. The lowest BCUT2D eigenvalue weighted by atomic mass is 9.84. The molecule has 2 N–H and O–H groups in total. The summed E-state index contributed by atoms with van der Waals surface area (Å²) in [5.41, 5.74) is 9.98. The van der Waals surface area contributed by atoms with E-state index in [9.17, 15) is 4.79 Å². The lowest BCUT2D eigenvalue weighted by Crippen LogP contribution is -2.23. The first-order valence-electron chi connectivity index (χ1n) is 12.6. The van der Waals surface area contributed by atoms with Crippen molar-refractivity contribution in [1.82, 2.24) is 10.1 Å². The van der Waals surface area contributed by atoms with E-state index >= 15 is 0 Å². The molecule has 5 rings (SSSR count). The highest BCUT2D eigenvalue weighted by molar-refractivity contribution is 5.81. The van der Waals surface area contributed by atoms with Gasteiger partial charge in [0.2, 0.25) is 5.82 Å². The van der Waals surface area contributed by atoms with Gasteiger partial charge in [0.25, 0.3) is 5.89 Å². The lowest BCUT2D eigenvalue weighted by Gasteiger charge is -2.27. The first-order valence-corrected chi connectivity index (χ1v) is 12.6. The first-order chi connectivity index (χ1) is 19.4. The number of benzene rings is 3. The summed E-state index contributed by atoms with van der Waals surface area (Å²) >= 11 is 0. The van der Waals surface area contributed by atoms with Gasteiger partial charge in [-0.1, -0.05) is 11.2 Å². The van der Waals surface area contributed by atoms with Crippen LogP contribution in [0.3, 0.4) is 0 Å². The molecule has 0 radical (unpaired) electrons. The molecule has 40 heavy (non-hydrogen) atoms. The molecule has 0 saturated carbocycles. The van der Waals surface area contributed by atoms with Crippen LogP contribution in [0.25, 0.3) is 28.1 Å². The minimum absolute atomic E-state index is 0.00856. The van der Waals surface area contributed by atoms with Crippen molar-refractivity contribution in [3.05, 3.63) is 78.0 Å². The van der Waals surface area contributed by atoms with Crippen molar-refractivity contribution in [1.29, 1.82) is 0 Å². The molecule has 1 aromatic heterocycles. The number of carbonyl (C=O) groups is 1. The quantitative estimate of drug-likeness (QED) is 0.282. The maximum Gasteiger partial charge on any atom is 0.306 e. The molecule has 0 amide bonds. The Morgan fingerprint density at radius 2 is 1.55 bits per heavy atom. The summed E-state index contributed by atoms with van der Waals surface area (Å²) in [5.74, 6) is 2.13. The molecule has 1 aliphatic heterocycles. The molecule has 10 heteroatoms. The molecule has 1 aliphatic rings. The number of allylic oxidation sites excluding steroid dienone is 1. The summed E-state index contributed by atoms with van der Waals surface area (Å²) < 4.78 is 33.1. The summed E-state index contributed by atoms with van der Waals surface area (Å²) in [6.45, 7) is 2.00. The number of fused-ring (bicyclic) bond motifs is 1. The van der Waals surface area contributed by atoms with E-state index in [2.05, 4.69) is 10.1 Å². The van der Waals surface area contributed by atoms with Crippen LogP contribution in [-0.4, -0.2) is 44.0 Å². The van der Waals surface area contributed by atoms with Crippen LogP contribution < -0.4 is 24.7 Å². The molecule has 10 nitrogen and oxygen atoms in total. The number of nitrogens with two attached hydrogens (primary N) is 1. The van der Waals surface area contributed by atoms with Crippen LogP contribution in [0.1, 0.15) is 30.7 Å². The van der Waals surface area contributed by atoms with Gasteiger partial charge in [-0.3, -0.25) is 4.79 Å². The van der Waals surface area contributed by atoms with Gasteiger partial charge in [0.15, 0.2) is 5.88 Å². The van der Waals surface area contributed by atoms with Crippen LogP contribution in [0, 0.1) is 0 Å². The fourth-order valence-corrected chi connectivity index (χ4v) is 4.61. The normalized spacial score (nSPS) is 14.2. The predicted molar refractivity (Wildman–Crippen MR) is 147 cm³/mol. The molecule has 0 saturated heterocycles. The van der Waals surface area contributed by atoms with Crippen molar-refractivity contribution in [2.24, 2.45) is 5.73 Å². The van der Waals surface area contributed by atoms with Crippen molar-refractivity contribution >= 4 is 11.5 Å². The Morgan fingerprint density at radius 3 is 2.20 bits per heavy atom. The fourth-order valence-electron chi connectivity index (χ4n) is 4.61. The second-order valence-corrected chi connectivity index (χ2v) is 8.95. The third-order valence-corrected chi connectivity index (χ3v) is 6.58. The molecule has 4 aromatic rings. The lowest BCUT2D eigenvalue weighted by molar-refractivity contribution is -0.143. The summed E-state index contributed by atoms with van der Waals surface area (Å²) in [4.78, 5) is 17.4. The van der Waals surface area contributed by atoms with E-state index in [-0.39, 0.29) is 24.8 Å². The van der Waals surface area contributed by atoms with Crippen molar-refractivity contribution in [2.75, 3.05) is 27.9 Å². The van der Waals surface area contributed by atoms with Crippen molar-refractivity contribution in [3.63, 3.8) is 0 Å². The van der Waals surface area contributed by atoms with E-state index < -0.39 is 11.9 Å². The van der Waals surface area contributed by atoms with Crippen LogP contribution in [0.15, 0.2) is 71.1 Å². The first kappa shape index (κ1) is 26.6. The van der Waals surface area contributed by atoms with Crippen LogP contribution in [0.5, 0.6) is 23.0 Å². The second-order valence-electron chi connectivity index (χ2n) is 8.95. The number of rotatable bonds is 9. The highest BCUT2D eigenvalue weighted by atomic mass is 16.5. The zero-order chi connectivity index (χ0) is 28.2. The molecule has 0 aliphatic carbocycles. The molecule has 206 valence electrons. The minimum Gasteiger partial charge on any atom is -0.497 e. The molecular formula is C30H29N3O7. The van der Waals surface area contributed by atoms with Crippen LogP contribution in [-0.2, 0) is 9.53 Å². The maximum absolute atomic E-state index is 12.8.